The maximum atomic E-state index is 5.94. The van der Waals surface area contributed by atoms with Crippen LogP contribution in [0.1, 0.15) is 24.2 Å². The van der Waals surface area contributed by atoms with Gasteiger partial charge in [-0.3, -0.25) is 4.99 Å². The third-order valence-corrected chi connectivity index (χ3v) is 4.76. The Morgan fingerprint density at radius 1 is 1.33 bits per heavy atom. The summed E-state index contributed by atoms with van der Waals surface area (Å²) in [5.74, 6) is 1.79. The molecule has 0 bridgehead atoms. The Balaban J connectivity index is 0.00000208. The van der Waals surface area contributed by atoms with Crippen molar-refractivity contribution >= 4 is 40.9 Å². The summed E-state index contributed by atoms with van der Waals surface area (Å²) in [5.41, 5.74) is 2.14. The number of halogens is 1. The summed E-state index contributed by atoms with van der Waals surface area (Å²) in [7, 11) is 3.99. The Labute approximate surface area is 160 Å². The average Bonchev–Trinajstić information content (AvgIpc) is 3.12. The van der Waals surface area contributed by atoms with Gasteiger partial charge in [-0.05, 0) is 39.4 Å². The molecule has 2 N–H and O–H groups in total. The summed E-state index contributed by atoms with van der Waals surface area (Å²) in [5, 5.41) is 7.95. The lowest BCUT2D eigenvalue weighted by Gasteiger charge is -2.21. The zero-order valence-electron chi connectivity index (χ0n) is 14.6. The number of nitrogens with zero attached hydrogens (tertiary/aromatic N) is 2. The molecule has 2 heterocycles. The number of nitrogens with one attached hydrogen (secondary N) is 2. The van der Waals surface area contributed by atoms with Gasteiger partial charge in [-0.1, -0.05) is 18.2 Å². The van der Waals surface area contributed by atoms with Crippen LogP contribution in [0.2, 0.25) is 0 Å². The zero-order chi connectivity index (χ0) is 16.2. The molecule has 1 atom stereocenters. The van der Waals surface area contributed by atoms with E-state index in [1.807, 2.05) is 18.2 Å². The third-order valence-electron chi connectivity index (χ3n) is 4.76. The van der Waals surface area contributed by atoms with Crippen LogP contribution < -0.4 is 10.6 Å². The van der Waals surface area contributed by atoms with Crippen molar-refractivity contribution in [3.05, 3.63) is 35.6 Å². The molecule has 1 fully saturated rings. The molecule has 1 aromatic heterocycles. The highest BCUT2D eigenvalue weighted by molar-refractivity contribution is 14.0. The highest BCUT2D eigenvalue weighted by Crippen LogP contribution is 2.24. The van der Waals surface area contributed by atoms with Gasteiger partial charge < -0.3 is 20.0 Å². The van der Waals surface area contributed by atoms with Crippen molar-refractivity contribution < 1.29 is 4.42 Å². The third kappa shape index (κ3) is 4.22. The van der Waals surface area contributed by atoms with Gasteiger partial charge in [0.25, 0.3) is 0 Å². The summed E-state index contributed by atoms with van der Waals surface area (Å²) in [6.07, 6.45) is 2.54. The molecule has 1 unspecified atom stereocenters. The Kier molecular flexibility index (Phi) is 6.91. The normalized spacial score (nSPS) is 18.6. The van der Waals surface area contributed by atoms with Crippen molar-refractivity contribution in [3.63, 3.8) is 0 Å². The number of guanidine groups is 1. The number of hydrogen-bond acceptors (Lipinski definition) is 3. The van der Waals surface area contributed by atoms with Crippen LogP contribution in [0.25, 0.3) is 11.0 Å². The Hall–Kier alpha value is -1.28. The van der Waals surface area contributed by atoms with Crippen LogP contribution in [0.5, 0.6) is 0 Å². The molecule has 1 aliphatic heterocycles. The van der Waals surface area contributed by atoms with Crippen LogP contribution in [0.3, 0.4) is 0 Å². The Morgan fingerprint density at radius 3 is 2.79 bits per heavy atom. The minimum Gasteiger partial charge on any atom is -0.459 e. The lowest BCUT2D eigenvalue weighted by molar-refractivity contribution is 0.309. The smallest absolute Gasteiger partial charge is 0.191 e. The molecule has 1 aliphatic rings. The number of likely N-dealkylation sites (N-methyl/N-ethyl adjacent to an activating group) is 1. The van der Waals surface area contributed by atoms with Gasteiger partial charge in [0, 0.05) is 30.6 Å². The van der Waals surface area contributed by atoms with E-state index >= 15 is 0 Å². The van der Waals surface area contributed by atoms with E-state index in [1.54, 1.807) is 7.05 Å². The fourth-order valence-corrected chi connectivity index (χ4v) is 3.23. The number of furan rings is 1. The molecule has 2 aromatic rings. The summed E-state index contributed by atoms with van der Waals surface area (Å²) < 4.78 is 5.94. The number of fused-ring (bicyclic) bond motifs is 1. The molecule has 0 amide bonds. The Bertz CT molecular complexity index is 697. The molecular weight excluding hydrogens is 415 g/mol. The SMILES string of the molecule is CN=C(NCc1oc2ccccc2c1C)NCC1CCCN1C.I. The number of aliphatic imine (C=N–C) groups is 1. The summed E-state index contributed by atoms with van der Waals surface area (Å²) in [6, 6.07) is 8.75. The van der Waals surface area contributed by atoms with E-state index in [9.17, 15) is 0 Å². The van der Waals surface area contributed by atoms with Gasteiger partial charge in [0.1, 0.15) is 11.3 Å². The van der Waals surface area contributed by atoms with Gasteiger partial charge in [0.15, 0.2) is 5.96 Å². The first-order valence-electron chi connectivity index (χ1n) is 8.31. The van der Waals surface area contributed by atoms with Gasteiger partial charge in [0.2, 0.25) is 0 Å². The predicted molar refractivity (Wildman–Crippen MR) is 110 cm³/mol. The van der Waals surface area contributed by atoms with E-state index in [4.69, 9.17) is 4.42 Å². The maximum Gasteiger partial charge on any atom is 0.191 e. The minimum atomic E-state index is 0. The van der Waals surface area contributed by atoms with Crippen LogP contribution in [0.4, 0.5) is 0 Å². The van der Waals surface area contributed by atoms with Gasteiger partial charge >= 0.3 is 0 Å². The van der Waals surface area contributed by atoms with E-state index < -0.39 is 0 Å². The molecular formula is C18H27IN4O. The molecule has 1 saturated heterocycles. The molecule has 6 heteroatoms. The van der Waals surface area contributed by atoms with Crippen LogP contribution in [-0.4, -0.2) is 44.1 Å². The second-order valence-corrected chi connectivity index (χ2v) is 6.23. The summed E-state index contributed by atoms with van der Waals surface area (Å²) in [4.78, 5) is 6.71. The van der Waals surface area contributed by atoms with Crippen LogP contribution in [0, 0.1) is 6.92 Å². The topological polar surface area (TPSA) is 52.8 Å². The van der Waals surface area contributed by atoms with Crippen molar-refractivity contribution in [2.45, 2.75) is 32.4 Å². The number of hydrogen-bond donors (Lipinski definition) is 2. The zero-order valence-corrected chi connectivity index (χ0v) is 17.0. The molecule has 1 aromatic carbocycles. The molecule has 0 aliphatic carbocycles. The number of para-hydroxylation sites is 1. The predicted octanol–water partition coefficient (Wildman–Crippen LogP) is 3.12. The van der Waals surface area contributed by atoms with Crippen LogP contribution >= 0.6 is 24.0 Å². The van der Waals surface area contributed by atoms with Crippen molar-refractivity contribution in [2.24, 2.45) is 4.99 Å². The van der Waals surface area contributed by atoms with Gasteiger partial charge in [-0.25, -0.2) is 0 Å². The van der Waals surface area contributed by atoms with E-state index in [0.29, 0.717) is 12.6 Å². The number of likely N-dealkylation sites (tertiary alicyclic amines) is 1. The first-order valence-corrected chi connectivity index (χ1v) is 8.31. The quantitative estimate of drug-likeness (QED) is 0.434. The van der Waals surface area contributed by atoms with Crippen LogP contribution in [0.15, 0.2) is 33.7 Å². The van der Waals surface area contributed by atoms with E-state index in [-0.39, 0.29) is 24.0 Å². The lowest BCUT2D eigenvalue weighted by Crippen LogP contribution is -2.43. The fraction of sp³-hybridized carbons (Fsp3) is 0.500. The molecule has 24 heavy (non-hydrogen) atoms. The van der Waals surface area contributed by atoms with Gasteiger partial charge in [-0.2, -0.15) is 0 Å². The van der Waals surface area contributed by atoms with Crippen molar-refractivity contribution in [1.82, 2.24) is 15.5 Å². The average molecular weight is 442 g/mol. The number of aryl methyl sites for hydroxylation is 1. The van der Waals surface area contributed by atoms with E-state index in [1.165, 1.54) is 30.3 Å². The second-order valence-electron chi connectivity index (χ2n) is 6.23. The molecule has 5 nitrogen and oxygen atoms in total. The molecule has 3 rings (SSSR count). The minimum absolute atomic E-state index is 0. The monoisotopic (exact) mass is 442 g/mol. The van der Waals surface area contributed by atoms with E-state index in [0.717, 1.165) is 23.8 Å². The standard InChI is InChI=1S/C18H26N4O.HI/c1-13-15-8-4-5-9-16(15)23-17(13)12-21-18(19-2)20-11-14-7-6-10-22(14)3;/h4-5,8-9,14H,6-7,10-12H2,1-3H3,(H2,19,20,21);1H. The highest BCUT2D eigenvalue weighted by atomic mass is 127. The van der Waals surface area contributed by atoms with Gasteiger partial charge in [-0.15, -0.1) is 24.0 Å². The maximum absolute atomic E-state index is 5.94. The largest absolute Gasteiger partial charge is 0.459 e. The van der Waals surface area contributed by atoms with Crippen molar-refractivity contribution in [1.29, 1.82) is 0 Å². The lowest BCUT2D eigenvalue weighted by atomic mass is 10.1. The fourth-order valence-electron chi connectivity index (χ4n) is 3.23. The molecule has 0 saturated carbocycles. The van der Waals surface area contributed by atoms with Crippen LogP contribution in [-0.2, 0) is 6.54 Å². The Morgan fingerprint density at radius 2 is 2.12 bits per heavy atom. The molecule has 0 spiro atoms. The number of benzene rings is 1. The van der Waals surface area contributed by atoms with Gasteiger partial charge in [0.05, 0.1) is 6.54 Å². The number of rotatable bonds is 4. The second kappa shape index (κ2) is 8.71. The van der Waals surface area contributed by atoms with Crippen molar-refractivity contribution in [2.75, 3.05) is 27.2 Å². The first-order chi connectivity index (χ1) is 11.2. The molecule has 132 valence electrons. The summed E-state index contributed by atoms with van der Waals surface area (Å²) >= 11 is 0. The summed E-state index contributed by atoms with van der Waals surface area (Å²) in [6.45, 7) is 4.86. The molecule has 0 radical (unpaired) electrons. The highest BCUT2D eigenvalue weighted by Gasteiger charge is 2.20. The first kappa shape index (κ1) is 19.1. The van der Waals surface area contributed by atoms with Crippen molar-refractivity contribution in [3.8, 4) is 0 Å². The van der Waals surface area contributed by atoms with E-state index in [2.05, 4.69) is 40.6 Å².